The fraction of sp³-hybridized carbons (Fsp3) is 0.786. The highest BCUT2D eigenvalue weighted by molar-refractivity contribution is 5.88. The lowest BCUT2D eigenvalue weighted by Gasteiger charge is -2.57. The molecule has 1 amide bonds. The van der Waals surface area contributed by atoms with Gasteiger partial charge in [-0.25, -0.2) is 0 Å². The summed E-state index contributed by atoms with van der Waals surface area (Å²) in [6.07, 6.45) is 14.5. The number of hydrogen-bond donors (Lipinski definition) is 1. The first-order valence-electron chi connectivity index (χ1n) is 13.0. The Bertz CT molecular complexity index is 811. The summed E-state index contributed by atoms with van der Waals surface area (Å²) in [6.45, 7) is 11.6. The highest BCUT2D eigenvalue weighted by Crippen LogP contribution is 2.66. The van der Waals surface area contributed by atoms with Gasteiger partial charge in [-0.3, -0.25) is 9.59 Å². The van der Waals surface area contributed by atoms with Gasteiger partial charge >= 0.3 is 5.97 Å². The molecule has 3 saturated carbocycles. The van der Waals surface area contributed by atoms with Crippen LogP contribution < -0.4 is 5.32 Å². The molecule has 0 radical (unpaired) electrons. The van der Waals surface area contributed by atoms with Crippen LogP contribution in [0.15, 0.2) is 23.3 Å². The van der Waals surface area contributed by atoms with Gasteiger partial charge in [-0.2, -0.15) is 0 Å². The van der Waals surface area contributed by atoms with Crippen molar-refractivity contribution in [2.75, 3.05) is 6.54 Å². The Morgan fingerprint density at radius 3 is 2.59 bits per heavy atom. The quantitative estimate of drug-likeness (QED) is 0.325. The predicted molar refractivity (Wildman–Crippen MR) is 128 cm³/mol. The fourth-order valence-corrected chi connectivity index (χ4v) is 7.74. The lowest BCUT2D eigenvalue weighted by molar-refractivity contribution is -0.148. The van der Waals surface area contributed by atoms with Gasteiger partial charge in [-0.05, 0) is 85.9 Å². The minimum absolute atomic E-state index is 0.0625. The van der Waals surface area contributed by atoms with Crippen molar-refractivity contribution in [1.29, 1.82) is 0 Å². The van der Waals surface area contributed by atoms with Crippen LogP contribution >= 0.6 is 0 Å². The maximum absolute atomic E-state index is 12.6. The third-order valence-corrected chi connectivity index (χ3v) is 9.57. The van der Waals surface area contributed by atoms with Crippen LogP contribution in [0.2, 0.25) is 0 Å². The lowest BCUT2D eigenvalue weighted by Crippen LogP contribution is -2.49. The van der Waals surface area contributed by atoms with Gasteiger partial charge in [0.2, 0.25) is 5.91 Å². The Morgan fingerprint density at radius 2 is 1.88 bits per heavy atom. The zero-order chi connectivity index (χ0) is 23.1. The van der Waals surface area contributed by atoms with Crippen LogP contribution in [0.1, 0.15) is 92.4 Å². The Labute approximate surface area is 194 Å². The number of rotatable bonds is 5. The van der Waals surface area contributed by atoms with E-state index in [0.717, 1.165) is 51.0 Å². The van der Waals surface area contributed by atoms with E-state index < -0.39 is 0 Å². The molecule has 1 N–H and O–H groups in total. The Morgan fingerprint density at radius 1 is 1.16 bits per heavy atom. The first kappa shape index (κ1) is 23.6. The van der Waals surface area contributed by atoms with Crippen molar-refractivity contribution in [2.45, 2.75) is 98.5 Å². The summed E-state index contributed by atoms with van der Waals surface area (Å²) >= 11 is 0. The molecule has 4 rings (SSSR count). The van der Waals surface area contributed by atoms with Gasteiger partial charge in [0.1, 0.15) is 6.10 Å². The molecule has 0 aromatic rings. The van der Waals surface area contributed by atoms with E-state index >= 15 is 0 Å². The van der Waals surface area contributed by atoms with Crippen molar-refractivity contribution in [2.24, 2.45) is 34.5 Å². The normalized spacial score (nSPS) is 39.7. The number of hydrogen-bond acceptors (Lipinski definition) is 3. The highest BCUT2D eigenvalue weighted by atomic mass is 16.5. The third kappa shape index (κ3) is 4.31. The molecule has 0 aromatic carbocycles. The van der Waals surface area contributed by atoms with E-state index in [0.29, 0.717) is 17.8 Å². The van der Waals surface area contributed by atoms with Gasteiger partial charge in [0.05, 0.1) is 0 Å². The molecule has 32 heavy (non-hydrogen) atoms. The maximum atomic E-state index is 12.6. The number of esters is 1. The van der Waals surface area contributed by atoms with Crippen molar-refractivity contribution in [3.05, 3.63) is 23.3 Å². The van der Waals surface area contributed by atoms with Crippen LogP contribution in [0.4, 0.5) is 0 Å². The summed E-state index contributed by atoms with van der Waals surface area (Å²) in [5.74, 6) is 2.67. The number of nitrogens with one attached hydrogen (secondary N) is 1. The molecular weight excluding hydrogens is 398 g/mol. The van der Waals surface area contributed by atoms with Gasteiger partial charge in [0, 0.05) is 26.0 Å². The van der Waals surface area contributed by atoms with Crippen LogP contribution in [-0.4, -0.2) is 24.5 Å². The molecule has 0 aromatic heterocycles. The van der Waals surface area contributed by atoms with E-state index in [4.69, 9.17) is 4.74 Å². The molecule has 178 valence electrons. The standard InChI is InChI=1S/C28H43NO3/c1-18(2)12-15-29-26(31)17-21-7-9-24-23-8-6-20-16-22(32-19(3)30)10-13-27(20,4)25(23)11-14-28(21,24)5/h6,17-18,22-25H,7-16H2,1-5H3,(H,29,31)/b21-17+/t22-,23-,24-,25-,27-,28+/m0/s1. The first-order chi connectivity index (χ1) is 15.1. The highest BCUT2D eigenvalue weighted by Gasteiger charge is 2.57. The summed E-state index contributed by atoms with van der Waals surface area (Å²) in [5.41, 5.74) is 3.36. The van der Waals surface area contributed by atoms with Crippen molar-refractivity contribution in [1.82, 2.24) is 5.32 Å². The summed E-state index contributed by atoms with van der Waals surface area (Å²) in [5, 5.41) is 3.11. The van der Waals surface area contributed by atoms with Crippen LogP contribution in [0.5, 0.6) is 0 Å². The summed E-state index contributed by atoms with van der Waals surface area (Å²) in [6, 6.07) is 0. The van der Waals surface area contributed by atoms with Gasteiger partial charge in [0.25, 0.3) is 0 Å². The van der Waals surface area contributed by atoms with Gasteiger partial charge in [0.15, 0.2) is 0 Å². The van der Waals surface area contributed by atoms with E-state index in [-0.39, 0.29) is 28.8 Å². The molecule has 4 aliphatic carbocycles. The van der Waals surface area contributed by atoms with Crippen molar-refractivity contribution in [3.63, 3.8) is 0 Å². The third-order valence-electron chi connectivity index (χ3n) is 9.57. The molecule has 3 fully saturated rings. The number of amides is 1. The van der Waals surface area contributed by atoms with E-state index in [1.807, 2.05) is 6.08 Å². The zero-order valence-electron chi connectivity index (χ0n) is 20.8. The van der Waals surface area contributed by atoms with E-state index in [1.165, 1.54) is 37.3 Å². The second-order valence-corrected chi connectivity index (χ2v) is 11.9. The maximum Gasteiger partial charge on any atom is 0.302 e. The molecule has 4 aliphatic rings. The van der Waals surface area contributed by atoms with Crippen LogP contribution in [0.25, 0.3) is 0 Å². The lowest BCUT2D eigenvalue weighted by atomic mass is 9.48. The largest absolute Gasteiger partial charge is 0.462 e. The molecule has 0 heterocycles. The Hall–Kier alpha value is -1.58. The number of fused-ring (bicyclic) bond motifs is 5. The van der Waals surface area contributed by atoms with Crippen molar-refractivity contribution in [3.8, 4) is 0 Å². The zero-order valence-corrected chi connectivity index (χ0v) is 20.8. The molecular formula is C28H43NO3. The minimum atomic E-state index is -0.153. The van der Waals surface area contributed by atoms with E-state index in [2.05, 4.69) is 39.1 Å². The van der Waals surface area contributed by atoms with E-state index in [1.54, 1.807) is 0 Å². The SMILES string of the molecule is CC(=O)O[C@H]1CC[C@@]2(C)C(=CC[C@@H]3[C@@H]2CC[C@]2(C)/C(=C/C(=O)NCCC(C)C)CC[C@@H]32)C1. The van der Waals surface area contributed by atoms with E-state index in [9.17, 15) is 9.59 Å². The summed E-state index contributed by atoms with van der Waals surface area (Å²) in [4.78, 5) is 24.1. The van der Waals surface area contributed by atoms with Gasteiger partial charge in [-0.1, -0.05) is 44.9 Å². The number of allylic oxidation sites excluding steroid dienone is 2. The Kier molecular flexibility index (Phi) is 6.62. The first-order valence-corrected chi connectivity index (χ1v) is 13.0. The van der Waals surface area contributed by atoms with Crippen molar-refractivity contribution >= 4 is 11.9 Å². The molecule has 0 saturated heterocycles. The second kappa shape index (κ2) is 8.99. The smallest absolute Gasteiger partial charge is 0.302 e. The molecule has 0 spiro atoms. The molecule has 0 aliphatic heterocycles. The second-order valence-electron chi connectivity index (χ2n) is 11.9. The average Bonchev–Trinajstić information content (AvgIpc) is 3.04. The topological polar surface area (TPSA) is 55.4 Å². The molecule has 0 unspecified atom stereocenters. The average molecular weight is 442 g/mol. The molecule has 6 atom stereocenters. The number of carbonyl (C=O) groups is 2. The molecule has 0 bridgehead atoms. The van der Waals surface area contributed by atoms with Gasteiger partial charge < -0.3 is 10.1 Å². The van der Waals surface area contributed by atoms with Crippen LogP contribution in [0.3, 0.4) is 0 Å². The van der Waals surface area contributed by atoms with Gasteiger partial charge in [-0.15, -0.1) is 0 Å². The Balaban J connectivity index is 1.48. The predicted octanol–water partition coefficient (Wildman–Crippen LogP) is 5.97. The minimum Gasteiger partial charge on any atom is -0.462 e. The van der Waals surface area contributed by atoms with Crippen molar-refractivity contribution < 1.29 is 14.3 Å². The number of ether oxygens (including phenoxy) is 1. The molecule has 4 nitrogen and oxygen atoms in total. The summed E-state index contributed by atoms with van der Waals surface area (Å²) in [7, 11) is 0. The monoisotopic (exact) mass is 441 g/mol. The fourth-order valence-electron chi connectivity index (χ4n) is 7.74. The number of carbonyl (C=O) groups excluding carboxylic acids is 2. The van der Waals surface area contributed by atoms with Crippen LogP contribution in [-0.2, 0) is 14.3 Å². The van der Waals surface area contributed by atoms with Crippen LogP contribution in [0, 0.1) is 34.5 Å². The summed E-state index contributed by atoms with van der Waals surface area (Å²) < 4.78 is 5.57. The molecule has 4 heteroatoms.